The molecule has 1 rings (SSSR count). The van der Waals surface area contributed by atoms with Gasteiger partial charge in [-0.3, -0.25) is 4.79 Å². The van der Waals surface area contributed by atoms with Gasteiger partial charge in [0, 0.05) is 6.04 Å². The van der Waals surface area contributed by atoms with E-state index in [1.807, 2.05) is 13.8 Å². The average Bonchev–Trinajstić information content (AvgIpc) is 2.43. The second-order valence-corrected chi connectivity index (χ2v) is 5.88. The average molecular weight is 212 g/mol. The Morgan fingerprint density at radius 1 is 1.47 bits per heavy atom. The van der Waals surface area contributed by atoms with Gasteiger partial charge in [0.1, 0.15) is 0 Å². The number of amides is 1. The summed E-state index contributed by atoms with van der Waals surface area (Å²) in [6.45, 7) is 8.45. The first kappa shape index (κ1) is 12.5. The molecular weight excluding hydrogens is 188 g/mol. The number of nitrogens with one attached hydrogen (secondary N) is 1. The molecule has 0 aliphatic heterocycles. The van der Waals surface area contributed by atoms with Gasteiger partial charge in [0.2, 0.25) is 5.91 Å². The van der Waals surface area contributed by atoms with E-state index in [0.29, 0.717) is 11.5 Å². The molecule has 0 saturated heterocycles. The third-order valence-corrected chi connectivity index (χ3v) is 3.34. The fourth-order valence-corrected chi connectivity index (χ4v) is 2.16. The molecule has 15 heavy (non-hydrogen) atoms. The van der Waals surface area contributed by atoms with E-state index < -0.39 is 0 Å². The number of carbonyl (C=O) groups is 1. The number of hydrogen-bond donors (Lipinski definition) is 2. The monoisotopic (exact) mass is 212 g/mol. The Morgan fingerprint density at radius 2 is 2.07 bits per heavy atom. The van der Waals surface area contributed by atoms with Gasteiger partial charge in [-0.1, -0.05) is 27.7 Å². The predicted molar refractivity (Wildman–Crippen MR) is 62.4 cm³/mol. The van der Waals surface area contributed by atoms with Crippen LogP contribution in [-0.4, -0.2) is 18.0 Å². The number of nitrogens with two attached hydrogens (primary N) is 1. The number of hydrogen-bond acceptors (Lipinski definition) is 2. The van der Waals surface area contributed by atoms with Crippen molar-refractivity contribution in [2.24, 2.45) is 17.1 Å². The quantitative estimate of drug-likeness (QED) is 0.747. The van der Waals surface area contributed by atoms with Crippen molar-refractivity contribution < 1.29 is 4.79 Å². The van der Waals surface area contributed by atoms with Crippen LogP contribution in [0.4, 0.5) is 0 Å². The maximum atomic E-state index is 11.7. The van der Waals surface area contributed by atoms with Crippen LogP contribution >= 0.6 is 0 Å². The standard InChI is InChI=1S/C12H24N2O/c1-8(2)10(13)11(15)14-9-5-6-12(3,4)7-9/h8-10H,5-7,13H2,1-4H3,(H,14,15)/t9-,10+/m0/s1. The lowest BCUT2D eigenvalue weighted by Crippen LogP contribution is -2.47. The maximum absolute atomic E-state index is 11.7. The zero-order valence-electron chi connectivity index (χ0n) is 10.3. The summed E-state index contributed by atoms with van der Waals surface area (Å²) < 4.78 is 0. The van der Waals surface area contributed by atoms with Crippen LogP contribution in [0.15, 0.2) is 0 Å². The fourth-order valence-electron chi connectivity index (χ4n) is 2.16. The van der Waals surface area contributed by atoms with E-state index in [0.717, 1.165) is 12.8 Å². The SMILES string of the molecule is CC(C)[C@@H](N)C(=O)N[C@H]1CCC(C)(C)C1. The van der Waals surface area contributed by atoms with E-state index in [1.54, 1.807) is 0 Å². The second kappa shape index (κ2) is 4.52. The fraction of sp³-hybridized carbons (Fsp3) is 0.917. The van der Waals surface area contributed by atoms with E-state index >= 15 is 0 Å². The summed E-state index contributed by atoms with van der Waals surface area (Å²) in [5.41, 5.74) is 6.17. The lowest BCUT2D eigenvalue weighted by Gasteiger charge is -2.21. The van der Waals surface area contributed by atoms with Crippen LogP contribution in [0.3, 0.4) is 0 Å². The van der Waals surface area contributed by atoms with Crippen molar-refractivity contribution >= 4 is 5.91 Å². The highest BCUT2D eigenvalue weighted by molar-refractivity contribution is 5.82. The lowest BCUT2D eigenvalue weighted by atomic mass is 9.92. The predicted octanol–water partition coefficient (Wildman–Crippen LogP) is 1.66. The van der Waals surface area contributed by atoms with Gasteiger partial charge in [0.15, 0.2) is 0 Å². The van der Waals surface area contributed by atoms with Gasteiger partial charge in [-0.05, 0) is 30.6 Å². The maximum Gasteiger partial charge on any atom is 0.237 e. The van der Waals surface area contributed by atoms with Crippen LogP contribution < -0.4 is 11.1 Å². The van der Waals surface area contributed by atoms with Crippen LogP contribution in [0.25, 0.3) is 0 Å². The van der Waals surface area contributed by atoms with Gasteiger partial charge in [0.25, 0.3) is 0 Å². The van der Waals surface area contributed by atoms with Crippen LogP contribution in [0.5, 0.6) is 0 Å². The molecule has 0 heterocycles. The molecule has 0 unspecified atom stereocenters. The first-order chi connectivity index (χ1) is 6.82. The number of carbonyl (C=O) groups excluding carboxylic acids is 1. The molecule has 3 heteroatoms. The van der Waals surface area contributed by atoms with Crippen LogP contribution in [-0.2, 0) is 4.79 Å². The smallest absolute Gasteiger partial charge is 0.237 e. The van der Waals surface area contributed by atoms with Gasteiger partial charge in [-0.2, -0.15) is 0 Å². The molecule has 0 aromatic carbocycles. The Hall–Kier alpha value is -0.570. The van der Waals surface area contributed by atoms with Crippen molar-refractivity contribution in [2.45, 2.75) is 59.0 Å². The Bertz CT molecular complexity index is 236. The van der Waals surface area contributed by atoms with Crippen molar-refractivity contribution in [2.75, 3.05) is 0 Å². The minimum Gasteiger partial charge on any atom is -0.352 e. The molecule has 1 amide bonds. The molecule has 1 saturated carbocycles. The molecule has 3 nitrogen and oxygen atoms in total. The van der Waals surface area contributed by atoms with E-state index in [9.17, 15) is 4.79 Å². The third kappa shape index (κ3) is 3.49. The highest BCUT2D eigenvalue weighted by Gasteiger charge is 2.32. The van der Waals surface area contributed by atoms with Crippen LogP contribution in [0.2, 0.25) is 0 Å². The van der Waals surface area contributed by atoms with E-state index in [4.69, 9.17) is 5.73 Å². The Balaban J connectivity index is 2.40. The zero-order valence-corrected chi connectivity index (χ0v) is 10.3. The molecule has 0 bridgehead atoms. The minimum absolute atomic E-state index is 0.00713. The molecule has 1 fully saturated rings. The number of rotatable bonds is 3. The molecule has 88 valence electrons. The van der Waals surface area contributed by atoms with Gasteiger partial charge in [-0.25, -0.2) is 0 Å². The molecular formula is C12H24N2O. The summed E-state index contributed by atoms with van der Waals surface area (Å²) in [4.78, 5) is 11.7. The molecule has 0 radical (unpaired) electrons. The second-order valence-electron chi connectivity index (χ2n) is 5.88. The topological polar surface area (TPSA) is 55.1 Å². The summed E-state index contributed by atoms with van der Waals surface area (Å²) in [5.74, 6) is 0.215. The summed E-state index contributed by atoms with van der Waals surface area (Å²) in [6.07, 6.45) is 3.35. The van der Waals surface area contributed by atoms with Gasteiger partial charge >= 0.3 is 0 Å². The van der Waals surface area contributed by atoms with Crippen molar-refractivity contribution in [3.63, 3.8) is 0 Å². The molecule has 0 aromatic rings. The minimum atomic E-state index is -0.367. The Labute approximate surface area is 92.8 Å². The summed E-state index contributed by atoms with van der Waals surface area (Å²) in [6, 6.07) is -0.0361. The Morgan fingerprint density at radius 3 is 2.47 bits per heavy atom. The van der Waals surface area contributed by atoms with Crippen LogP contribution in [0.1, 0.15) is 47.0 Å². The molecule has 2 atom stereocenters. The van der Waals surface area contributed by atoms with E-state index in [-0.39, 0.29) is 17.9 Å². The highest BCUT2D eigenvalue weighted by atomic mass is 16.2. The van der Waals surface area contributed by atoms with E-state index in [1.165, 1.54) is 6.42 Å². The summed E-state index contributed by atoms with van der Waals surface area (Å²) in [7, 11) is 0. The zero-order chi connectivity index (χ0) is 11.6. The van der Waals surface area contributed by atoms with Crippen LogP contribution in [0, 0.1) is 11.3 Å². The van der Waals surface area contributed by atoms with E-state index in [2.05, 4.69) is 19.2 Å². The van der Waals surface area contributed by atoms with Gasteiger partial charge < -0.3 is 11.1 Å². The largest absolute Gasteiger partial charge is 0.352 e. The van der Waals surface area contributed by atoms with Crippen molar-refractivity contribution in [1.82, 2.24) is 5.32 Å². The molecule has 0 aromatic heterocycles. The molecule has 1 aliphatic carbocycles. The third-order valence-electron chi connectivity index (χ3n) is 3.34. The first-order valence-corrected chi connectivity index (χ1v) is 5.88. The van der Waals surface area contributed by atoms with Crippen molar-refractivity contribution in [3.05, 3.63) is 0 Å². The summed E-state index contributed by atoms with van der Waals surface area (Å²) >= 11 is 0. The van der Waals surface area contributed by atoms with Gasteiger partial charge in [0.05, 0.1) is 6.04 Å². The Kier molecular flexibility index (Phi) is 3.77. The van der Waals surface area contributed by atoms with Crippen molar-refractivity contribution in [3.8, 4) is 0 Å². The molecule has 3 N–H and O–H groups in total. The van der Waals surface area contributed by atoms with Gasteiger partial charge in [-0.15, -0.1) is 0 Å². The normalized spacial score (nSPS) is 26.7. The van der Waals surface area contributed by atoms with Crippen molar-refractivity contribution in [1.29, 1.82) is 0 Å². The summed E-state index contributed by atoms with van der Waals surface area (Å²) in [5, 5.41) is 3.05. The lowest BCUT2D eigenvalue weighted by molar-refractivity contribution is -0.123. The molecule has 0 spiro atoms. The first-order valence-electron chi connectivity index (χ1n) is 5.88. The molecule has 1 aliphatic rings. The highest BCUT2D eigenvalue weighted by Crippen LogP contribution is 2.36.